The molecule has 3 N–H and O–H groups in total. The van der Waals surface area contributed by atoms with Gasteiger partial charge < -0.3 is 20.6 Å². The van der Waals surface area contributed by atoms with Gasteiger partial charge in [-0.25, -0.2) is 9.78 Å². The van der Waals surface area contributed by atoms with Crippen molar-refractivity contribution in [2.75, 3.05) is 25.6 Å². The fourth-order valence-electron chi connectivity index (χ4n) is 1.32. The van der Waals surface area contributed by atoms with Crippen LogP contribution < -0.4 is 15.5 Å². The van der Waals surface area contributed by atoms with E-state index in [1.165, 1.54) is 0 Å². The second-order valence-corrected chi connectivity index (χ2v) is 4.33. The quantitative estimate of drug-likeness (QED) is 0.705. The normalized spacial score (nSPS) is 11.8. The van der Waals surface area contributed by atoms with Crippen molar-refractivity contribution in [2.45, 2.75) is 19.5 Å². The maximum Gasteiger partial charge on any atom is 0.315 e. The van der Waals surface area contributed by atoms with E-state index in [1.54, 1.807) is 13.1 Å². The molecule has 1 heterocycles. The number of urea groups is 1. The molecule has 1 aromatic heterocycles. The van der Waals surface area contributed by atoms with Gasteiger partial charge in [0.1, 0.15) is 5.82 Å². The minimum Gasteiger partial charge on any atom is -0.394 e. The Kier molecular flexibility index (Phi) is 5.38. The number of rotatable bonds is 5. The summed E-state index contributed by atoms with van der Waals surface area (Å²) < 4.78 is 0. The van der Waals surface area contributed by atoms with Gasteiger partial charge in [0.25, 0.3) is 0 Å². The predicted octanol–water partition coefficient (Wildman–Crippen LogP) is 0.328. The molecule has 18 heavy (non-hydrogen) atoms. The smallest absolute Gasteiger partial charge is 0.315 e. The first kappa shape index (κ1) is 14.2. The Morgan fingerprint density at radius 3 is 2.89 bits per heavy atom. The first-order chi connectivity index (χ1) is 8.52. The lowest BCUT2D eigenvalue weighted by atomic mass is 10.2. The van der Waals surface area contributed by atoms with Gasteiger partial charge in [-0.05, 0) is 24.6 Å². The van der Waals surface area contributed by atoms with Crippen molar-refractivity contribution in [3.8, 4) is 0 Å². The van der Waals surface area contributed by atoms with E-state index >= 15 is 0 Å². The summed E-state index contributed by atoms with van der Waals surface area (Å²) in [6.45, 7) is 2.08. The number of aliphatic hydroxyl groups excluding tert-OH is 1. The Hall–Kier alpha value is -1.82. The lowest BCUT2D eigenvalue weighted by Gasteiger charge is -2.14. The number of aliphatic hydroxyl groups is 1. The van der Waals surface area contributed by atoms with Crippen LogP contribution in [0.2, 0.25) is 0 Å². The largest absolute Gasteiger partial charge is 0.394 e. The van der Waals surface area contributed by atoms with Crippen molar-refractivity contribution in [1.82, 2.24) is 15.6 Å². The van der Waals surface area contributed by atoms with Gasteiger partial charge in [-0.15, -0.1) is 0 Å². The molecule has 1 aromatic rings. The average Bonchev–Trinajstić information content (AvgIpc) is 2.36. The number of anilines is 1. The van der Waals surface area contributed by atoms with Gasteiger partial charge in [-0.1, -0.05) is 0 Å². The molecule has 0 saturated carbocycles. The van der Waals surface area contributed by atoms with Gasteiger partial charge in [0.15, 0.2) is 0 Å². The maximum atomic E-state index is 11.4. The number of pyridine rings is 1. The number of nitrogens with zero attached hydrogens (tertiary/aromatic N) is 2. The molecule has 0 bridgehead atoms. The van der Waals surface area contributed by atoms with E-state index in [1.807, 2.05) is 31.1 Å². The van der Waals surface area contributed by atoms with Crippen LogP contribution in [0.5, 0.6) is 0 Å². The van der Waals surface area contributed by atoms with Gasteiger partial charge >= 0.3 is 6.03 Å². The minimum absolute atomic E-state index is 0.0759. The van der Waals surface area contributed by atoms with E-state index < -0.39 is 0 Å². The SMILES string of the molecule is CC(CO)NC(=O)NCc1ccnc(N(C)C)c1. The fourth-order valence-corrected chi connectivity index (χ4v) is 1.32. The van der Waals surface area contributed by atoms with Crippen LogP contribution in [0.25, 0.3) is 0 Å². The number of aromatic nitrogens is 1. The molecule has 0 aliphatic rings. The Morgan fingerprint density at radius 1 is 1.56 bits per heavy atom. The lowest BCUT2D eigenvalue weighted by molar-refractivity contribution is 0.220. The average molecular weight is 252 g/mol. The summed E-state index contributed by atoms with van der Waals surface area (Å²) in [4.78, 5) is 17.5. The van der Waals surface area contributed by atoms with Crippen LogP contribution in [0, 0.1) is 0 Å². The van der Waals surface area contributed by atoms with E-state index in [-0.39, 0.29) is 18.7 Å². The molecule has 6 nitrogen and oxygen atoms in total. The summed E-state index contributed by atoms with van der Waals surface area (Å²) in [6, 6.07) is 3.22. The Morgan fingerprint density at radius 2 is 2.28 bits per heavy atom. The first-order valence-corrected chi connectivity index (χ1v) is 5.80. The van der Waals surface area contributed by atoms with Crippen LogP contribution in [0.1, 0.15) is 12.5 Å². The van der Waals surface area contributed by atoms with E-state index in [2.05, 4.69) is 15.6 Å². The molecule has 0 saturated heterocycles. The van der Waals surface area contributed by atoms with Crippen LogP contribution >= 0.6 is 0 Å². The number of amides is 2. The topological polar surface area (TPSA) is 77.5 Å². The van der Waals surface area contributed by atoms with E-state index in [4.69, 9.17) is 5.11 Å². The van der Waals surface area contributed by atoms with Crippen molar-refractivity contribution in [3.05, 3.63) is 23.9 Å². The highest BCUT2D eigenvalue weighted by molar-refractivity contribution is 5.74. The van der Waals surface area contributed by atoms with E-state index in [9.17, 15) is 4.79 Å². The number of carbonyl (C=O) groups excluding carboxylic acids is 1. The number of carbonyl (C=O) groups is 1. The highest BCUT2D eigenvalue weighted by atomic mass is 16.3. The van der Waals surface area contributed by atoms with Crippen LogP contribution in [0.15, 0.2) is 18.3 Å². The Labute approximate surface area is 107 Å². The summed E-state index contributed by atoms with van der Waals surface area (Å²) in [5.41, 5.74) is 0.973. The van der Waals surface area contributed by atoms with Crippen LogP contribution in [0.4, 0.5) is 10.6 Å². The minimum atomic E-state index is -0.292. The van der Waals surface area contributed by atoms with Crippen LogP contribution in [0.3, 0.4) is 0 Å². The molecule has 0 aromatic carbocycles. The summed E-state index contributed by atoms with van der Waals surface area (Å²) in [7, 11) is 3.82. The third-order valence-corrected chi connectivity index (χ3v) is 2.37. The molecule has 0 spiro atoms. The number of hydrogen-bond acceptors (Lipinski definition) is 4. The zero-order valence-electron chi connectivity index (χ0n) is 11.0. The lowest BCUT2D eigenvalue weighted by Crippen LogP contribution is -2.41. The number of hydrogen-bond donors (Lipinski definition) is 3. The molecule has 0 aliphatic carbocycles. The predicted molar refractivity (Wildman–Crippen MR) is 70.5 cm³/mol. The first-order valence-electron chi connectivity index (χ1n) is 5.80. The fraction of sp³-hybridized carbons (Fsp3) is 0.500. The summed E-state index contributed by atoms with van der Waals surface area (Å²) >= 11 is 0. The third-order valence-electron chi connectivity index (χ3n) is 2.37. The zero-order valence-corrected chi connectivity index (χ0v) is 11.0. The molecule has 1 unspecified atom stereocenters. The van der Waals surface area contributed by atoms with E-state index in [0.29, 0.717) is 6.54 Å². The van der Waals surface area contributed by atoms with Crippen molar-refractivity contribution < 1.29 is 9.90 Å². The molecule has 6 heteroatoms. The van der Waals surface area contributed by atoms with Gasteiger partial charge in [0.05, 0.1) is 12.6 Å². The molecule has 100 valence electrons. The Balaban J connectivity index is 2.48. The van der Waals surface area contributed by atoms with Crippen LogP contribution in [-0.4, -0.2) is 42.9 Å². The standard InChI is InChI=1S/C12H20N4O2/c1-9(8-17)15-12(18)14-7-10-4-5-13-11(6-10)16(2)3/h4-6,9,17H,7-8H2,1-3H3,(H2,14,15,18). The van der Waals surface area contributed by atoms with Gasteiger partial charge in [0.2, 0.25) is 0 Å². The zero-order chi connectivity index (χ0) is 13.5. The highest BCUT2D eigenvalue weighted by Gasteiger charge is 2.05. The van der Waals surface area contributed by atoms with Crippen molar-refractivity contribution >= 4 is 11.8 Å². The van der Waals surface area contributed by atoms with Crippen molar-refractivity contribution in [3.63, 3.8) is 0 Å². The number of nitrogens with one attached hydrogen (secondary N) is 2. The molecule has 1 rings (SSSR count). The second kappa shape index (κ2) is 6.80. The maximum absolute atomic E-state index is 11.4. The third kappa shape index (κ3) is 4.58. The summed E-state index contributed by atoms with van der Waals surface area (Å²) in [5, 5.41) is 14.1. The molecule has 0 aliphatic heterocycles. The molecular formula is C12H20N4O2. The monoisotopic (exact) mass is 252 g/mol. The second-order valence-electron chi connectivity index (χ2n) is 4.33. The molecule has 0 fully saturated rings. The molecular weight excluding hydrogens is 232 g/mol. The van der Waals surface area contributed by atoms with Gasteiger partial charge in [0, 0.05) is 26.8 Å². The van der Waals surface area contributed by atoms with Crippen molar-refractivity contribution in [1.29, 1.82) is 0 Å². The molecule has 2 amide bonds. The molecule has 0 radical (unpaired) electrons. The summed E-state index contributed by atoms with van der Waals surface area (Å²) in [6.07, 6.45) is 1.71. The summed E-state index contributed by atoms with van der Waals surface area (Å²) in [5.74, 6) is 0.846. The highest BCUT2D eigenvalue weighted by Crippen LogP contribution is 2.08. The van der Waals surface area contributed by atoms with Crippen molar-refractivity contribution in [2.24, 2.45) is 0 Å². The van der Waals surface area contributed by atoms with Crippen LogP contribution in [-0.2, 0) is 6.54 Å². The Bertz CT molecular complexity index is 395. The molecule has 1 atom stereocenters. The van der Waals surface area contributed by atoms with E-state index in [0.717, 1.165) is 11.4 Å². The van der Waals surface area contributed by atoms with Gasteiger partial charge in [-0.2, -0.15) is 0 Å². The van der Waals surface area contributed by atoms with Gasteiger partial charge in [-0.3, -0.25) is 0 Å².